The SMILES string of the molecule is Cc1ccc2c(c1)nc(N)n2Cc1cccs1. The summed E-state index contributed by atoms with van der Waals surface area (Å²) in [5.41, 5.74) is 9.25. The van der Waals surface area contributed by atoms with Crippen molar-refractivity contribution >= 4 is 28.3 Å². The number of hydrogen-bond acceptors (Lipinski definition) is 3. The van der Waals surface area contributed by atoms with Crippen LogP contribution in [-0.2, 0) is 6.54 Å². The van der Waals surface area contributed by atoms with E-state index in [4.69, 9.17) is 5.73 Å². The lowest BCUT2D eigenvalue weighted by molar-refractivity contribution is 0.853. The van der Waals surface area contributed by atoms with Crippen molar-refractivity contribution in [1.82, 2.24) is 9.55 Å². The van der Waals surface area contributed by atoms with Gasteiger partial charge in [0.1, 0.15) is 0 Å². The number of imidazole rings is 1. The Morgan fingerprint density at radius 1 is 1.35 bits per heavy atom. The topological polar surface area (TPSA) is 43.8 Å². The second kappa shape index (κ2) is 3.89. The van der Waals surface area contributed by atoms with Crippen LogP contribution in [0, 0.1) is 6.92 Å². The minimum Gasteiger partial charge on any atom is -0.369 e. The first kappa shape index (κ1) is 10.4. The summed E-state index contributed by atoms with van der Waals surface area (Å²) in [7, 11) is 0. The molecule has 0 radical (unpaired) electrons. The molecule has 0 atom stereocenters. The zero-order chi connectivity index (χ0) is 11.8. The third-order valence-electron chi connectivity index (χ3n) is 2.83. The Balaban J connectivity index is 2.12. The van der Waals surface area contributed by atoms with Crippen LogP contribution in [0.3, 0.4) is 0 Å². The molecule has 1 aromatic carbocycles. The molecule has 0 unspecified atom stereocenters. The lowest BCUT2D eigenvalue weighted by Gasteiger charge is -2.04. The summed E-state index contributed by atoms with van der Waals surface area (Å²) < 4.78 is 2.06. The molecule has 0 aliphatic rings. The van der Waals surface area contributed by atoms with Crippen LogP contribution in [0.4, 0.5) is 5.95 Å². The van der Waals surface area contributed by atoms with Crippen molar-refractivity contribution in [2.75, 3.05) is 5.73 Å². The highest BCUT2D eigenvalue weighted by atomic mass is 32.1. The van der Waals surface area contributed by atoms with Gasteiger partial charge >= 0.3 is 0 Å². The van der Waals surface area contributed by atoms with E-state index in [1.54, 1.807) is 11.3 Å². The van der Waals surface area contributed by atoms with Crippen LogP contribution >= 0.6 is 11.3 Å². The molecule has 86 valence electrons. The van der Waals surface area contributed by atoms with Gasteiger partial charge in [-0.2, -0.15) is 0 Å². The van der Waals surface area contributed by atoms with E-state index in [9.17, 15) is 0 Å². The van der Waals surface area contributed by atoms with E-state index in [1.165, 1.54) is 10.4 Å². The number of hydrogen-bond donors (Lipinski definition) is 1. The molecule has 4 heteroatoms. The molecule has 0 saturated heterocycles. The van der Waals surface area contributed by atoms with E-state index < -0.39 is 0 Å². The van der Waals surface area contributed by atoms with Crippen LogP contribution in [0.1, 0.15) is 10.4 Å². The third-order valence-corrected chi connectivity index (χ3v) is 3.69. The number of aryl methyl sites for hydroxylation is 1. The number of aromatic nitrogens is 2. The van der Waals surface area contributed by atoms with E-state index in [0.29, 0.717) is 5.95 Å². The monoisotopic (exact) mass is 243 g/mol. The van der Waals surface area contributed by atoms with Crippen molar-refractivity contribution in [3.8, 4) is 0 Å². The molecule has 3 aromatic rings. The normalized spacial score (nSPS) is 11.1. The van der Waals surface area contributed by atoms with Crippen molar-refractivity contribution < 1.29 is 0 Å². The summed E-state index contributed by atoms with van der Waals surface area (Å²) >= 11 is 1.74. The Morgan fingerprint density at radius 3 is 3.00 bits per heavy atom. The van der Waals surface area contributed by atoms with E-state index in [2.05, 4.69) is 52.2 Å². The minimum absolute atomic E-state index is 0.582. The average Bonchev–Trinajstić information content (AvgIpc) is 2.88. The van der Waals surface area contributed by atoms with Gasteiger partial charge in [-0.25, -0.2) is 4.98 Å². The Labute approximate surface area is 104 Å². The first-order valence-electron chi connectivity index (χ1n) is 5.49. The second-order valence-corrected chi connectivity index (χ2v) is 5.16. The van der Waals surface area contributed by atoms with Crippen LogP contribution < -0.4 is 5.73 Å². The molecule has 0 fully saturated rings. The lowest BCUT2D eigenvalue weighted by Crippen LogP contribution is -2.03. The summed E-state index contributed by atoms with van der Waals surface area (Å²) in [6.45, 7) is 2.86. The highest BCUT2D eigenvalue weighted by Crippen LogP contribution is 2.21. The highest BCUT2D eigenvalue weighted by Gasteiger charge is 2.08. The Bertz CT molecular complexity index is 653. The van der Waals surface area contributed by atoms with Gasteiger partial charge < -0.3 is 10.3 Å². The molecular formula is C13H13N3S. The van der Waals surface area contributed by atoms with Gasteiger partial charge in [-0.05, 0) is 36.1 Å². The predicted molar refractivity (Wildman–Crippen MR) is 72.3 cm³/mol. The molecule has 2 N–H and O–H groups in total. The van der Waals surface area contributed by atoms with Crippen LogP contribution in [-0.4, -0.2) is 9.55 Å². The first-order valence-corrected chi connectivity index (χ1v) is 6.37. The molecule has 0 amide bonds. The fourth-order valence-corrected chi connectivity index (χ4v) is 2.68. The molecule has 0 aliphatic carbocycles. The van der Waals surface area contributed by atoms with E-state index >= 15 is 0 Å². The maximum Gasteiger partial charge on any atom is 0.201 e. The Morgan fingerprint density at radius 2 is 2.24 bits per heavy atom. The van der Waals surface area contributed by atoms with Gasteiger partial charge in [-0.15, -0.1) is 11.3 Å². The molecule has 3 rings (SSSR count). The molecule has 0 saturated carbocycles. The van der Waals surface area contributed by atoms with Gasteiger partial charge in [-0.1, -0.05) is 12.1 Å². The molecule has 2 aromatic heterocycles. The van der Waals surface area contributed by atoms with Crippen LogP contribution in [0.5, 0.6) is 0 Å². The van der Waals surface area contributed by atoms with Gasteiger partial charge in [0.2, 0.25) is 5.95 Å². The molecule has 0 spiro atoms. The number of nitrogens with zero attached hydrogens (tertiary/aromatic N) is 2. The quantitative estimate of drug-likeness (QED) is 0.751. The number of fused-ring (bicyclic) bond motifs is 1. The van der Waals surface area contributed by atoms with Gasteiger partial charge in [0, 0.05) is 4.88 Å². The number of rotatable bonds is 2. The number of benzene rings is 1. The first-order chi connectivity index (χ1) is 8.24. The highest BCUT2D eigenvalue weighted by molar-refractivity contribution is 7.09. The summed E-state index contributed by atoms with van der Waals surface area (Å²) in [6.07, 6.45) is 0. The maximum absolute atomic E-state index is 5.98. The average molecular weight is 243 g/mol. The van der Waals surface area contributed by atoms with E-state index in [1.807, 2.05) is 0 Å². The molecule has 0 aliphatic heterocycles. The Kier molecular flexibility index (Phi) is 2.37. The lowest BCUT2D eigenvalue weighted by atomic mass is 10.2. The summed E-state index contributed by atoms with van der Waals surface area (Å²) in [4.78, 5) is 5.69. The molecule has 3 nitrogen and oxygen atoms in total. The largest absolute Gasteiger partial charge is 0.369 e. The predicted octanol–water partition coefficient (Wildman–Crippen LogP) is 3.04. The van der Waals surface area contributed by atoms with Gasteiger partial charge in [-0.3, -0.25) is 0 Å². The minimum atomic E-state index is 0.582. The molecule has 0 bridgehead atoms. The van der Waals surface area contributed by atoms with Crippen LogP contribution in [0.2, 0.25) is 0 Å². The van der Waals surface area contributed by atoms with Gasteiger partial charge in [0.15, 0.2) is 0 Å². The van der Waals surface area contributed by atoms with Crippen LogP contribution in [0.15, 0.2) is 35.7 Å². The molecular weight excluding hydrogens is 230 g/mol. The third kappa shape index (κ3) is 1.80. The summed E-state index contributed by atoms with van der Waals surface area (Å²) in [5.74, 6) is 0.582. The number of nitrogens with two attached hydrogens (primary N) is 1. The van der Waals surface area contributed by atoms with Crippen molar-refractivity contribution in [2.24, 2.45) is 0 Å². The molecule has 17 heavy (non-hydrogen) atoms. The van der Waals surface area contributed by atoms with Gasteiger partial charge in [0.05, 0.1) is 17.6 Å². The van der Waals surface area contributed by atoms with E-state index in [0.717, 1.165) is 17.6 Å². The van der Waals surface area contributed by atoms with Crippen molar-refractivity contribution in [3.63, 3.8) is 0 Å². The summed E-state index contributed by atoms with van der Waals surface area (Å²) in [5, 5.41) is 2.08. The Hall–Kier alpha value is -1.81. The number of thiophene rings is 1. The number of nitrogen functional groups attached to an aromatic ring is 1. The smallest absolute Gasteiger partial charge is 0.201 e. The zero-order valence-corrected chi connectivity index (χ0v) is 10.4. The maximum atomic E-state index is 5.98. The number of anilines is 1. The van der Waals surface area contributed by atoms with Gasteiger partial charge in [0.25, 0.3) is 0 Å². The fraction of sp³-hybridized carbons (Fsp3) is 0.154. The fourth-order valence-electron chi connectivity index (χ4n) is 1.98. The standard InChI is InChI=1S/C13H13N3S/c1-9-4-5-12-11(7-9)15-13(14)16(12)8-10-3-2-6-17-10/h2-7H,8H2,1H3,(H2,14,15). The second-order valence-electron chi connectivity index (χ2n) is 4.13. The van der Waals surface area contributed by atoms with Crippen molar-refractivity contribution in [1.29, 1.82) is 0 Å². The van der Waals surface area contributed by atoms with Crippen molar-refractivity contribution in [3.05, 3.63) is 46.2 Å². The zero-order valence-electron chi connectivity index (χ0n) is 9.55. The van der Waals surface area contributed by atoms with E-state index in [-0.39, 0.29) is 0 Å². The summed E-state index contributed by atoms with van der Waals surface area (Å²) in [6, 6.07) is 10.4. The van der Waals surface area contributed by atoms with Crippen molar-refractivity contribution in [2.45, 2.75) is 13.5 Å². The van der Waals surface area contributed by atoms with Crippen LogP contribution in [0.25, 0.3) is 11.0 Å². The molecule has 2 heterocycles.